The molecule has 13 nitrogen and oxygen atoms in total. The van der Waals surface area contributed by atoms with Gasteiger partial charge in [0.05, 0.1) is 24.8 Å². The van der Waals surface area contributed by atoms with Crippen molar-refractivity contribution < 1.29 is 32.2 Å². The van der Waals surface area contributed by atoms with Crippen molar-refractivity contribution in [2.24, 2.45) is 0 Å². The number of aromatic nitrogens is 3. The summed E-state index contributed by atoms with van der Waals surface area (Å²) < 4.78 is 47.4. The van der Waals surface area contributed by atoms with E-state index in [-0.39, 0.29) is 31.1 Å². The topological polar surface area (TPSA) is 159 Å². The molecule has 6 rings (SSSR count). The molecular weight excluding hydrogens is 613 g/mol. The molecule has 4 aromatic rings. The average Bonchev–Trinajstić information content (AvgIpc) is 3.71. The van der Waals surface area contributed by atoms with E-state index in [1.807, 2.05) is 29.6 Å². The van der Waals surface area contributed by atoms with Crippen molar-refractivity contribution >= 4 is 44.4 Å². The number of ether oxygens (including phenoxy) is 1. The monoisotopic (exact) mass is 641 g/mol. The highest BCUT2D eigenvalue weighted by Gasteiger charge is 2.38. The maximum absolute atomic E-state index is 13.5. The van der Waals surface area contributed by atoms with Crippen LogP contribution in [-0.2, 0) is 16.8 Å². The van der Waals surface area contributed by atoms with Crippen LogP contribution in [0.3, 0.4) is 0 Å². The largest absolute Gasteiger partial charge is 0.488 e. The van der Waals surface area contributed by atoms with E-state index in [2.05, 4.69) is 15.2 Å². The molecule has 2 aliphatic rings. The molecule has 0 spiro atoms. The normalized spacial score (nSPS) is 17.3. The van der Waals surface area contributed by atoms with Crippen LogP contribution in [0.1, 0.15) is 40.6 Å². The van der Waals surface area contributed by atoms with Gasteiger partial charge < -0.3 is 19.3 Å². The summed E-state index contributed by atoms with van der Waals surface area (Å²) in [5, 5.41) is 14.0. The third kappa shape index (κ3) is 6.51. The van der Waals surface area contributed by atoms with Crippen LogP contribution < -0.4 is 19.7 Å². The minimum Gasteiger partial charge on any atom is -0.488 e. The lowest BCUT2D eigenvalue weighted by Gasteiger charge is -2.37. The van der Waals surface area contributed by atoms with E-state index >= 15 is 0 Å². The fraction of sp³-hybridized carbons (Fsp3) is 0.286. The maximum atomic E-state index is 13.5. The Morgan fingerprint density at radius 2 is 1.95 bits per heavy atom. The summed E-state index contributed by atoms with van der Waals surface area (Å²) in [6.07, 6.45) is 3.02. The zero-order valence-electron chi connectivity index (χ0n) is 23.2. The summed E-state index contributed by atoms with van der Waals surface area (Å²) in [7, 11) is -4.08. The van der Waals surface area contributed by atoms with Gasteiger partial charge in [0.2, 0.25) is 5.95 Å². The average molecular weight is 642 g/mol. The highest BCUT2D eigenvalue weighted by atomic mass is 32.2. The summed E-state index contributed by atoms with van der Waals surface area (Å²) >= 11 is 1.35. The van der Waals surface area contributed by atoms with Crippen LogP contribution in [0.2, 0.25) is 0 Å². The minimum absolute atomic E-state index is 0.0289. The minimum atomic E-state index is -4.08. The molecule has 1 unspecified atom stereocenters. The van der Waals surface area contributed by atoms with Crippen molar-refractivity contribution in [3.8, 4) is 5.75 Å². The fourth-order valence-corrected chi connectivity index (χ4v) is 7.12. The first-order valence-corrected chi connectivity index (χ1v) is 16.0. The molecule has 2 aliphatic heterocycles. The summed E-state index contributed by atoms with van der Waals surface area (Å²) in [5.41, 5.74) is 2.96. The summed E-state index contributed by atoms with van der Waals surface area (Å²) in [5.74, 6) is -0.306. The number of nitrogens with one attached hydrogen (secondary N) is 2. The summed E-state index contributed by atoms with van der Waals surface area (Å²) in [4.78, 5) is 34.3. The SMILES string of the molecule is O=C(O)NS(=O)(=O)N1CC(Oc2ccc(N3CCCC3c3csc(NC(=O)c4cccn4Cc4ccnc(F)c4)n3)cc2)C1. The van der Waals surface area contributed by atoms with E-state index in [0.29, 0.717) is 28.7 Å². The zero-order valence-corrected chi connectivity index (χ0v) is 24.8. The van der Waals surface area contributed by atoms with Gasteiger partial charge >= 0.3 is 16.3 Å². The second kappa shape index (κ2) is 12.2. The number of benzene rings is 1. The van der Waals surface area contributed by atoms with E-state index in [9.17, 15) is 22.4 Å². The third-order valence-corrected chi connectivity index (χ3v) is 9.57. The van der Waals surface area contributed by atoms with Gasteiger partial charge in [-0.2, -0.15) is 17.1 Å². The fourth-order valence-electron chi connectivity index (χ4n) is 5.29. The molecule has 44 heavy (non-hydrogen) atoms. The lowest BCUT2D eigenvalue weighted by molar-refractivity contribution is 0.0752. The first-order valence-electron chi connectivity index (χ1n) is 13.7. The first-order chi connectivity index (χ1) is 21.1. The number of rotatable bonds is 10. The second-order valence-electron chi connectivity index (χ2n) is 10.4. The molecule has 2 saturated heterocycles. The van der Waals surface area contributed by atoms with Gasteiger partial charge in [0.25, 0.3) is 5.91 Å². The Morgan fingerprint density at radius 3 is 2.70 bits per heavy atom. The zero-order chi connectivity index (χ0) is 30.8. The van der Waals surface area contributed by atoms with Gasteiger partial charge in [0.15, 0.2) is 5.13 Å². The standard InChI is InChI=1S/C28H28FN7O6S2/c29-25-13-18(9-10-30-25)14-34-11-1-4-24(34)26(37)32-27-31-22(17-43-27)23-3-2-12-36(23)19-5-7-20(8-6-19)42-21-15-35(16-21)44(40,41)33-28(38)39/h1,4-11,13,17,21,23,33H,2-3,12,14-16H2,(H,38,39)(H,31,32,37). The molecule has 1 aromatic carbocycles. The van der Waals surface area contributed by atoms with Crippen molar-refractivity contribution in [3.63, 3.8) is 0 Å². The van der Waals surface area contributed by atoms with Crippen LogP contribution in [0.15, 0.2) is 66.3 Å². The molecule has 3 aromatic heterocycles. The number of halogens is 1. The molecule has 16 heteroatoms. The molecule has 0 aliphatic carbocycles. The second-order valence-corrected chi connectivity index (χ2v) is 12.9. The van der Waals surface area contributed by atoms with Gasteiger partial charge in [0.1, 0.15) is 17.5 Å². The van der Waals surface area contributed by atoms with Crippen LogP contribution in [0.4, 0.5) is 20.0 Å². The Morgan fingerprint density at radius 1 is 1.16 bits per heavy atom. The predicted molar refractivity (Wildman–Crippen MR) is 160 cm³/mol. The van der Waals surface area contributed by atoms with Gasteiger partial charge in [-0.3, -0.25) is 10.1 Å². The molecule has 1 atom stereocenters. The van der Waals surface area contributed by atoms with Crippen LogP contribution >= 0.6 is 11.3 Å². The van der Waals surface area contributed by atoms with Crippen molar-refractivity contribution in [2.45, 2.75) is 31.5 Å². The van der Waals surface area contributed by atoms with Crippen molar-refractivity contribution in [3.05, 3.63) is 89.2 Å². The number of hydrogen-bond acceptors (Lipinski definition) is 9. The molecule has 0 radical (unpaired) electrons. The lowest BCUT2D eigenvalue weighted by atomic mass is 10.1. The smallest absolute Gasteiger partial charge is 0.419 e. The maximum Gasteiger partial charge on any atom is 0.419 e. The molecule has 230 valence electrons. The van der Waals surface area contributed by atoms with Crippen molar-refractivity contribution in [1.82, 2.24) is 23.6 Å². The lowest BCUT2D eigenvalue weighted by Crippen LogP contribution is -2.59. The van der Waals surface area contributed by atoms with Crippen molar-refractivity contribution in [2.75, 3.05) is 29.9 Å². The number of carboxylic acid groups (broad SMARTS) is 1. The Balaban J connectivity index is 1.05. The van der Waals surface area contributed by atoms with Gasteiger partial charge in [-0.05, 0) is 66.9 Å². The Hall–Kier alpha value is -4.54. The first kappa shape index (κ1) is 29.5. The summed E-state index contributed by atoms with van der Waals surface area (Å²) in [6, 6.07) is 14.0. The number of carbonyl (C=O) groups excluding carboxylic acids is 1. The number of anilines is 2. The van der Waals surface area contributed by atoms with Gasteiger partial charge in [-0.25, -0.2) is 19.5 Å². The molecule has 0 saturated carbocycles. The Labute approximate surface area is 256 Å². The van der Waals surface area contributed by atoms with Crippen molar-refractivity contribution in [1.29, 1.82) is 0 Å². The molecular formula is C28H28FN7O6S2. The number of carbonyl (C=O) groups is 2. The number of pyridine rings is 1. The van der Waals surface area contributed by atoms with Gasteiger partial charge in [0, 0.05) is 36.6 Å². The molecule has 0 bridgehead atoms. The highest BCUT2D eigenvalue weighted by Crippen LogP contribution is 2.38. The Kier molecular flexibility index (Phi) is 8.20. The van der Waals surface area contributed by atoms with Crippen LogP contribution in [-0.4, -0.2) is 70.1 Å². The van der Waals surface area contributed by atoms with E-state index < -0.39 is 22.3 Å². The van der Waals surface area contributed by atoms with E-state index in [1.165, 1.54) is 28.3 Å². The Bertz CT molecular complexity index is 1770. The molecule has 2 amide bonds. The van der Waals surface area contributed by atoms with Crippen LogP contribution in [0.25, 0.3) is 0 Å². The highest BCUT2D eigenvalue weighted by molar-refractivity contribution is 7.87. The molecule has 2 fully saturated rings. The van der Waals surface area contributed by atoms with Gasteiger partial charge in [-0.1, -0.05) is 0 Å². The predicted octanol–water partition coefficient (Wildman–Crippen LogP) is 3.70. The third-order valence-electron chi connectivity index (χ3n) is 7.38. The molecule has 5 heterocycles. The van der Waals surface area contributed by atoms with Crippen LogP contribution in [0, 0.1) is 5.95 Å². The number of nitrogens with zero attached hydrogens (tertiary/aromatic N) is 5. The van der Waals surface area contributed by atoms with E-state index in [1.54, 1.807) is 29.0 Å². The van der Waals surface area contributed by atoms with Crippen LogP contribution in [0.5, 0.6) is 5.75 Å². The quantitative estimate of drug-likeness (QED) is 0.220. The number of amides is 2. The number of thiazole rings is 1. The van der Waals surface area contributed by atoms with E-state index in [0.717, 1.165) is 35.1 Å². The van der Waals surface area contributed by atoms with E-state index in [4.69, 9.17) is 14.8 Å². The molecule has 3 N–H and O–H groups in total. The van der Waals surface area contributed by atoms with Gasteiger partial charge in [-0.15, -0.1) is 11.3 Å². The summed E-state index contributed by atoms with van der Waals surface area (Å²) in [6.45, 7) is 1.26. The number of hydrogen-bond donors (Lipinski definition) is 3.